The van der Waals surface area contributed by atoms with E-state index in [1.165, 1.54) is 69.2 Å². The molecule has 0 bridgehead atoms. The third kappa shape index (κ3) is 6.09. The van der Waals surface area contributed by atoms with E-state index in [4.69, 9.17) is 0 Å². The Bertz CT molecular complexity index is 379. The van der Waals surface area contributed by atoms with Crippen molar-refractivity contribution in [2.45, 2.75) is 77.3 Å². The quantitative estimate of drug-likeness (QED) is 0.674. The van der Waals surface area contributed by atoms with Gasteiger partial charge in [0.25, 0.3) is 0 Å². The highest BCUT2D eigenvalue weighted by Gasteiger charge is 2.15. The number of benzene rings is 1. The van der Waals surface area contributed by atoms with Crippen molar-refractivity contribution in [3.05, 3.63) is 29.8 Å². The van der Waals surface area contributed by atoms with Crippen LogP contribution in [0.5, 0.6) is 0 Å². The van der Waals surface area contributed by atoms with Gasteiger partial charge in [0, 0.05) is 17.8 Å². The van der Waals surface area contributed by atoms with Gasteiger partial charge >= 0.3 is 0 Å². The van der Waals surface area contributed by atoms with Crippen LogP contribution in [0.1, 0.15) is 64.4 Å². The predicted molar refractivity (Wildman–Crippen MR) is 93.0 cm³/mol. The molecule has 2 rings (SSSR count). The van der Waals surface area contributed by atoms with E-state index in [-0.39, 0.29) is 0 Å². The Morgan fingerprint density at radius 1 is 1.19 bits per heavy atom. The summed E-state index contributed by atoms with van der Waals surface area (Å²) in [6.07, 6.45) is 10.5. The molecule has 0 radical (unpaired) electrons. The van der Waals surface area contributed by atoms with Crippen molar-refractivity contribution in [2.24, 2.45) is 0 Å². The molecule has 118 valence electrons. The fraction of sp³-hybridized carbons (Fsp3) is 0.684. The van der Waals surface area contributed by atoms with Gasteiger partial charge in [0.05, 0.1) is 0 Å². The first-order chi connectivity index (χ1) is 10.3. The Morgan fingerprint density at radius 2 is 2.00 bits per heavy atom. The second-order valence-corrected chi connectivity index (χ2v) is 6.58. The lowest BCUT2D eigenvalue weighted by Gasteiger charge is -2.27. The van der Waals surface area contributed by atoms with Crippen LogP contribution in [0.2, 0.25) is 0 Å². The van der Waals surface area contributed by atoms with E-state index in [1.807, 2.05) is 0 Å². The van der Waals surface area contributed by atoms with E-state index in [0.717, 1.165) is 0 Å². The molecule has 21 heavy (non-hydrogen) atoms. The van der Waals surface area contributed by atoms with Gasteiger partial charge in [-0.05, 0) is 63.3 Å². The SMILES string of the molecule is CCCCCc1ccc(NC(C)CC2CCCCN2)cc1. The van der Waals surface area contributed by atoms with Gasteiger partial charge < -0.3 is 10.6 Å². The van der Waals surface area contributed by atoms with Crippen LogP contribution in [0.15, 0.2) is 24.3 Å². The Labute approximate surface area is 130 Å². The lowest BCUT2D eigenvalue weighted by atomic mass is 9.98. The minimum atomic E-state index is 0.534. The van der Waals surface area contributed by atoms with Crippen LogP contribution in [-0.4, -0.2) is 18.6 Å². The fourth-order valence-corrected chi connectivity index (χ4v) is 3.24. The highest BCUT2D eigenvalue weighted by molar-refractivity contribution is 5.45. The topological polar surface area (TPSA) is 24.1 Å². The van der Waals surface area contributed by atoms with Gasteiger partial charge in [-0.3, -0.25) is 0 Å². The Balaban J connectivity index is 1.73. The molecule has 1 aliphatic heterocycles. The second kappa shape index (κ2) is 9.09. The van der Waals surface area contributed by atoms with Crippen LogP contribution < -0.4 is 10.6 Å². The molecule has 1 heterocycles. The number of aryl methyl sites for hydroxylation is 1. The van der Waals surface area contributed by atoms with Crippen LogP contribution in [0.25, 0.3) is 0 Å². The molecular formula is C19H32N2. The van der Waals surface area contributed by atoms with Gasteiger partial charge in [0.1, 0.15) is 0 Å². The van der Waals surface area contributed by atoms with E-state index in [9.17, 15) is 0 Å². The molecule has 0 spiro atoms. The van der Waals surface area contributed by atoms with E-state index in [2.05, 4.69) is 48.7 Å². The van der Waals surface area contributed by atoms with Gasteiger partial charge in [-0.2, -0.15) is 0 Å². The minimum absolute atomic E-state index is 0.534. The molecule has 1 aliphatic rings. The molecule has 1 saturated heterocycles. The summed E-state index contributed by atoms with van der Waals surface area (Å²) >= 11 is 0. The van der Waals surface area contributed by atoms with Crippen LogP contribution >= 0.6 is 0 Å². The first-order valence-corrected chi connectivity index (χ1v) is 8.87. The number of anilines is 1. The molecule has 2 N–H and O–H groups in total. The van der Waals surface area contributed by atoms with Crippen molar-refractivity contribution >= 4 is 5.69 Å². The second-order valence-electron chi connectivity index (χ2n) is 6.58. The van der Waals surface area contributed by atoms with Crippen molar-refractivity contribution in [1.82, 2.24) is 5.32 Å². The monoisotopic (exact) mass is 288 g/mol. The summed E-state index contributed by atoms with van der Waals surface area (Å²) < 4.78 is 0. The van der Waals surface area contributed by atoms with E-state index < -0.39 is 0 Å². The van der Waals surface area contributed by atoms with Gasteiger partial charge in [0.2, 0.25) is 0 Å². The Morgan fingerprint density at radius 3 is 2.67 bits per heavy atom. The maximum Gasteiger partial charge on any atom is 0.0342 e. The molecule has 1 fully saturated rings. The van der Waals surface area contributed by atoms with Crippen LogP contribution in [-0.2, 0) is 6.42 Å². The number of nitrogens with one attached hydrogen (secondary N) is 2. The summed E-state index contributed by atoms with van der Waals surface area (Å²) in [5.41, 5.74) is 2.73. The molecule has 0 saturated carbocycles. The average Bonchev–Trinajstić information content (AvgIpc) is 2.50. The number of rotatable bonds is 8. The molecule has 0 aliphatic carbocycles. The molecule has 0 aromatic heterocycles. The Kier molecular flexibility index (Phi) is 7.08. The summed E-state index contributed by atoms with van der Waals surface area (Å²) in [4.78, 5) is 0. The number of unbranched alkanes of at least 4 members (excludes halogenated alkanes) is 2. The lowest BCUT2D eigenvalue weighted by molar-refractivity contribution is 0.371. The highest BCUT2D eigenvalue weighted by Crippen LogP contribution is 2.17. The average molecular weight is 288 g/mol. The molecule has 0 amide bonds. The Hall–Kier alpha value is -1.02. The van der Waals surface area contributed by atoms with Crippen LogP contribution in [0.3, 0.4) is 0 Å². The summed E-state index contributed by atoms with van der Waals surface area (Å²) in [6, 6.07) is 10.3. The third-order valence-electron chi connectivity index (χ3n) is 4.49. The number of hydrogen-bond donors (Lipinski definition) is 2. The van der Waals surface area contributed by atoms with Gasteiger partial charge in [-0.15, -0.1) is 0 Å². The van der Waals surface area contributed by atoms with Crippen LogP contribution in [0, 0.1) is 0 Å². The summed E-state index contributed by atoms with van der Waals surface area (Å²) in [5.74, 6) is 0. The molecule has 2 unspecified atom stereocenters. The van der Waals surface area contributed by atoms with Crippen molar-refractivity contribution < 1.29 is 0 Å². The van der Waals surface area contributed by atoms with Crippen molar-refractivity contribution in [2.75, 3.05) is 11.9 Å². The fourth-order valence-electron chi connectivity index (χ4n) is 3.24. The molecule has 2 heteroatoms. The van der Waals surface area contributed by atoms with Gasteiger partial charge in [-0.1, -0.05) is 38.3 Å². The van der Waals surface area contributed by atoms with Gasteiger partial charge in [-0.25, -0.2) is 0 Å². The summed E-state index contributed by atoms with van der Waals surface area (Å²) in [6.45, 7) is 5.75. The van der Waals surface area contributed by atoms with Gasteiger partial charge in [0.15, 0.2) is 0 Å². The zero-order valence-corrected chi connectivity index (χ0v) is 13.8. The van der Waals surface area contributed by atoms with Crippen molar-refractivity contribution in [3.8, 4) is 0 Å². The first-order valence-electron chi connectivity index (χ1n) is 8.87. The van der Waals surface area contributed by atoms with E-state index in [0.29, 0.717) is 12.1 Å². The zero-order valence-electron chi connectivity index (χ0n) is 13.8. The summed E-state index contributed by atoms with van der Waals surface area (Å²) in [7, 11) is 0. The number of hydrogen-bond acceptors (Lipinski definition) is 2. The zero-order chi connectivity index (χ0) is 14.9. The maximum absolute atomic E-state index is 3.64. The lowest BCUT2D eigenvalue weighted by Crippen LogP contribution is -2.37. The van der Waals surface area contributed by atoms with E-state index in [1.54, 1.807) is 0 Å². The molecule has 2 nitrogen and oxygen atoms in total. The normalized spacial score (nSPS) is 20.2. The standard InChI is InChI=1S/C19H32N2/c1-3-4-5-8-17-10-12-18(13-11-17)21-16(2)15-19-9-6-7-14-20-19/h10-13,16,19-21H,3-9,14-15H2,1-2H3. The molecule has 2 atom stereocenters. The molecule has 1 aromatic carbocycles. The smallest absolute Gasteiger partial charge is 0.0342 e. The first kappa shape index (κ1) is 16.4. The van der Waals surface area contributed by atoms with Crippen molar-refractivity contribution in [3.63, 3.8) is 0 Å². The summed E-state index contributed by atoms with van der Waals surface area (Å²) in [5, 5.41) is 7.28. The maximum atomic E-state index is 3.64. The van der Waals surface area contributed by atoms with E-state index >= 15 is 0 Å². The molecular weight excluding hydrogens is 256 g/mol. The highest BCUT2D eigenvalue weighted by atomic mass is 15.0. The number of piperidine rings is 1. The van der Waals surface area contributed by atoms with Crippen molar-refractivity contribution in [1.29, 1.82) is 0 Å². The predicted octanol–water partition coefficient (Wildman–Crippen LogP) is 4.75. The largest absolute Gasteiger partial charge is 0.383 e. The molecule has 1 aromatic rings. The third-order valence-corrected chi connectivity index (χ3v) is 4.49. The minimum Gasteiger partial charge on any atom is -0.383 e. The van der Waals surface area contributed by atoms with Crippen LogP contribution in [0.4, 0.5) is 5.69 Å².